The molecule has 1 aliphatic heterocycles. The van der Waals surface area contributed by atoms with Crippen LogP contribution in [0.3, 0.4) is 0 Å². The summed E-state index contributed by atoms with van der Waals surface area (Å²) in [5, 5.41) is 12.4. The number of likely N-dealkylation sites (tertiary alicyclic amines) is 1. The van der Waals surface area contributed by atoms with Crippen LogP contribution in [0.5, 0.6) is 0 Å². The molecule has 6 heteroatoms. The number of nitrogens with zero attached hydrogens (tertiary/aromatic N) is 1. The van der Waals surface area contributed by atoms with Gasteiger partial charge in [-0.1, -0.05) is 30.3 Å². The second-order valence-corrected chi connectivity index (χ2v) is 7.42. The molecule has 0 saturated carbocycles. The molecule has 0 spiro atoms. The van der Waals surface area contributed by atoms with E-state index in [9.17, 15) is 14.7 Å². The van der Waals surface area contributed by atoms with Crippen molar-refractivity contribution >= 4 is 12.2 Å². The first-order valence-electron chi connectivity index (χ1n) is 8.30. The Balaban J connectivity index is 1.81. The zero-order valence-corrected chi connectivity index (χ0v) is 14.6. The van der Waals surface area contributed by atoms with Gasteiger partial charge in [-0.15, -0.1) is 0 Å². The zero-order chi connectivity index (χ0) is 17.8. The van der Waals surface area contributed by atoms with Crippen molar-refractivity contribution in [2.75, 3.05) is 19.6 Å². The maximum absolute atomic E-state index is 11.8. The van der Waals surface area contributed by atoms with Crippen LogP contribution < -0.4 is 5.32 Å². The van der Waals surface area contributed by atoms with Crippen molar-refractivity contribution in [3.63, 3.8) is 0 Å². The molecule has 0 aromatic heterocycles. The monoisotopic (exact) mass is 335 g/mol. The lowest BCUT2D eigenvalue weighted by atomic mass is 10.0. The minimum absolute atomic E-state index is 0.0401. The van der Waals surface area contributed by atoms with Gasteiger partial charge >= 0.3 is 12.2 Å². The average molecular weight is 335 g/mol. The van der Waals surface area contributed by atoms with Crippen molar-refractivity contribution in [1.82, 2.24) is 5.32 Å². The van der Waals surface area contributed by atoms with Crippen LogP contribution in [0.15, 0.2) is 30.3 Å². The number of ether oxygens (including phenoxy) is 1. The molecule has 1 aromatic carbocycles. The van der Waals surface area contributed by atoms with Crippen molar-refractivity contribution in [2.45, 2.75) is 39.3 Å². The summed E-state index contributed by atoms with van der Waals surface area (Å²) >= 11 is 0. The third-order valence-electron chi connectivity index (χ3n) is 4.89. The van der Waals surface area contributed by atoms with Crippen LogP contribution in [0.1, 0.15) is 32.8 Å². The van der Waals surface area contributed by atoms with Gasteiger partial charge in [0.05, 0.1) is 13.1 Å². The number of hydrogen-bond donors (Lipinski definition) is 2. The molecule has 132 valence electrons. The molecule has 1 heterocycles. The maximum Gasteiger partial charge on any atom is 0.513 e. The van der Waals surface area contributed by atoms with Gasteiger partial charge in [-0.25, -0.2) is 9.28 Å². The summed E-state index contributed by atoms with van der Waals surface area (Å²) in [7, 11) is 0. The average Bonchev–Trinajstić information content (AvgIpc) is 2.97. The van der Waals surface area contributed by atoms with E-state index in [1.807, 2.05) is 51.1 Å². The van der Waals surface area contributed by atoms with Crippen molar-refractivity contribution in [3.8, 4) is 0 Å². The zero-order valence-electron chi connectivity index (χ0n) is 14.6. The molecule has 1 fully saturated rings. The molecule has 2 rings (SSSR count). The minimum atomic E-state index is -0.795. The van der Waals surface area contributed by atoms with E-state index in [1.165, 1.54) is 0 Å². The van der Waals surface area contributed by atoms with Gasteiger partial charge in [-0.3, -0.25) is 0 Å². The smallest absolute Gasteiger partial charge is 0.445 e. The van der Waals surface area contributed by atoms with E-state index >= 15 is 0 Å². The van der Waals surface area contributed by atoms with Crippen molar-refractivity contribution in [2.24, 2.45) is 5.92 Å². The highest BCUT2D eigenvalue weighted by molar-refractivity contribution is 5.67. The van der Waals surface area contributed by atoms with Crippen molar-refractivity contribution < 1.29 is 23.9 Å². The third-order valence-corrected chi connectivity index (χ3v) is 4.89. The van der Waals surface area contributed by atoms with Gasteiger partial charge in [0.1, 0.15) is 12.1 Å². The summed E-state index contributed by atoms with van der Waals surface area (Å²) in [6.07, 6.45) is -0.477. The first kappa shape index (κ1) is 18.3. The summed E-state index contributed by atoms with van der Waals surface area (Å²) in [4.78, 5) is 23.6. The first-order valence-corrected chi connectivity index (χ1v) is 8.30. The number of benzene rings is 1. The number of amides is 2. The van der Waals surface area contributed by atoms with Crippen LogP contribution in [0.25, 0.3) is 0 Å². The van der Waals surface area contributed by atoms with Crippen LogP contribution in [-0.4, -0.2) is 46.9 Å². The maximum atomic E-state index is 11.8. The van der Waals surface area contributed by atoms with E-state index in [1.54, 1.807) is 0 Å². The normalized spacial score (nSPS) is 23.7. The Morgan fingerprint density at radius 1 is 1.29 bits per heavy atom. The largest absolute Gasteiger partial charge is 0.513 e. The SMILES string of the molecule is CC(C)(C)[N+]1(C(=O)O)CC[C@@H](CNC(=O)OCc2ccccc2)C1. The Morgan fingerprint density at radius 3 is 2.50 bits per heavy atom. The standard InChI is InChI=1S/C18H26N2O4/c1-18(2,3)20(17(22)23)10-9-15(12-20)11-19-16(21)24-13-14-7-5-4-6-8-14/h4-8,15H,9-13H2,1-3H3,(H-,19,21,22,23)/p+1/t15-,20?/m0/s1. The topological polar surface area (TPSA) is 75.6 Å². The summed E-state index contributed by atoms with van der Waals surface area (Å²) < 4.78 is 5.22. The summed E-state index contributed by atoms with van der Waals surface area (Å²) in [6.45, 7) is 7.63. The van der Waals surface area contributed by atoms with E-state index in [2.05, 4.69) is 5.32 Å². The van der Waals surface area contributed by atoms with Crippen LogP contribution in [-0.2, 0) is 11.3 Å². The van der Waals surface area contributed by atoms with Crippen molar-refractivity contribution in [1.29, 1.82) is 0 Å². The Kier molecular flexibility index (Phi) is 5.49. The number of carbonyl (C=O) groups excluding carboxylic acids is 1. The van der Waals surface area contributed by atoms with Gasteiger partial charge in [0.25, 0.3) is 0 Å². The van der Waals surface area contributed by atoms with Crippen LogP contribution in [0.2, 0.25) is 0 Å². The molecule has 6 nitrogen and oxygen atoms in total. The predicted octanol–water partition coefficient (Wildman–Crippen LogP) is 3.23. The summed E-state index contributed by atoms with van der Waals surface area (Å²) in [6, 6.07) is 9.49. The number of rotatable bonds is 4. The Bertz CT molecular complexity index is 582. The second-order valence-electron chi connectivity index (χ2n) is 7.42. The lowest BCUT2D eigenvalue weighted by molar-refractivity contribution is -0.893. The molecular formula is C18H27N2O4+. The molecule has 24 heavy (non-hydrogen) atoms. The number of quaternary nitrogens is 1. The number of alkyl carbamates (subject to hydrolysis) is 1. The molecular weight excluding hydrogens is 308 g/mol. The summed E-state index contributed by atoms with van der Waals surface area (Å²) in [5.74, 6) is 0.143. The van der Waals surface area contributed by atoms with E-state index in [-0.39, 0.29) is 22.5 Å². The fourth-order valence-corrected chi connectivity index (χ4v) is 3.26. The van der Waals surface area contributed by atoms with Gasteiger partial charge in [-0.05, 0) is 26.3 Å². The molecule has 1 unspecified atom stereocenters. The number of hydrogen-bond acceptors (Lipinski definition) is 3. The van der Waals surface area contributed by atoms with E-state index in [0.717, 1.165) is 12.0 Å². The molecule has 0 aliphatic carbocycles. The van der Waals surface area contributed by atoms with Crippen LogP contribution in [0.4, 0.5) is 9.59 Å². The predicted molar refractivity (Wildman–Crippen MR) is 90.5 cm³/mol. The van der Waals surface area contributed by atoms with Gasteiger partial charge in [0.2, 0.25) is 0 Å². The Labute approximate surface area is 143 Å². The fraction of sp³-hybridized carbons (Fsp3) is 0.556. The van der Waals surface area contributed by atoms with Crippen LogP contribution in [0, 0.1) is 5.92 Å². The summed E-state index contributed by atoms with van der Waals surface area (Å²) in [5.41, 5.74) is 0.566. The highest BCUT2D eigenvalue weighted by atomic mass is 16.5. The highest BCUT2D eigenvalue weighted by Crippen LogP contribution is 2.34. The Morgan fingerprint density at radius 2 is 1.96 bits per heavy atom. The quantitative estimate of drug-likeness (QED) is 0.828. The van der Waals surface area contributed by atoms with Crippen LogP contribution >= 0.6 is 0 Å². The van der Waals surface area contributed by atoms with Gasteiger partial charge < -0.3 is 15.2 Å². The lowest BCUT2D eigenvalue weighted by Gasteiger charge is -2.40. The molecule has 1 saturated heterocycles. The number of carbonyl (C=O) groups is 2. The lowest BCUT2D eigenvalue weighted by Crippen LogP contribution is -2.62. The van der Waals surface area contributed by atoms with Gasteiger partial charge in [0, 0.05) is 18.9 Å². The third kappa shape index (κ3) is 4.06. The minimum Gasteiger partial charge on any atom is -0.445 e. The Hall–Kier alpha value is -2.08. The molecule has 0 radical (unpaired) electrons. The van der Waals surface area contributed by atoms with Gasteiger partial charge in [0.15, 0.2) is 0 Å². The fourth-order valence-electron chi connectivity index (χ4n) is 3.26. The molecule has 2 amide bonds. The molecule has 0 bridgehead atoms. The molecule has 1 aromatic rings. The molecule has 1 aliphatic rings. The van der Waals surface area contributed by atoms with E-state index < -0.39 is 12.2 Å². The van der Waals surface area contributed by atoms with Crippen molar-refractivity contribution in [3.05, 3.63) is 35.9 Å². The van der Waals surface area contributed by atoms with Gasteiger partial charge in [-0.2, -0.15) is 4.79 Å². The number of carboxylic acid groups (broad SMARTS) is 1. The molecule has 2 atom stereocenters. The van der Waals surface area contributed by atoms with E-state index in [0.29, 0.717) is 19.6 Å². The highest BCUT2D eigenvalue weighted by Gasteiger charge is 2.52. The molecule has 2 N–H and O–H groups in total. The number of nitrogens with one attached hydrogen (secondary N) is 1. The first-order chi connectivity index (χ1) is 11.2. The van der Waals surface area contributed by atoms with E-state index in [4.69, 9.17) is 4.74 Å². The second kappa shape index (κ2) is 7.21.